The zero-order chi connectivity index (χ0) is 10.6. The molecule has 0 aliphatic carbocycles. The van der Waals surface area contributed by atoms with Crippen molar-refractivity contribution in [3.63, 3.8) is 0 Å². The van der Waals surface area contributed by atoms with Crippen LogP contribution in [0.5, 0.6) is 0 Å². The highest BCUT2D eigenvalue weighted by Gasteiger charge is 2.13. The highest BCUT2D eigenvalue weighted by molar-refractivity contribution is 5.66. The molecular weight excluding hydrogens is 182 g/mol. The van der Waals surface area contributed by atoms with Gasteiger partial charge in [-0.2, -0.15) is 0 Å². The molecule has 1 aromatic carbocycles. The molecule has 0 saturated heterocycles. The Morgan fingerprint density at radius 3 is 2.29 bits per heavy atom. The second-order valence-electron chi connectivity index (χ2n) is 2.92. The maximum absolute atomic E-state index is 10.8. The molecule has 1 rings (SSSR count). The summed E-state index contributed by atoms with van der Waals surface area (Å²) in [6, 6.07) is 9.11. The Morgan fingerprint density at radius 2 is 1.86 bits per heavy atom. The summed E-state index contributed by atoms with van der Waals surface area (Å²) in [7, 11) is 3.29. The van der Waals surface area contributed by atoms with Crippen molar-refractivity contribution < 1.29 is 9.90 Å². The molecular formula is C9H13N3O2. The van der Waals surface area contributed by atoms with Crippen LogP contribution in [0.1, 0.15) is 0 Å². The van der Waals surface area contributed by atoms with E-state index in [1.54, 1.807) is 26.2 Å². The van der Waals surface area contributed by atoms with Gasteiger partial charge in [0.05, 0.1) is 5.69 Å². The lowest BCUT2D eigenvalue weighted by Gasteiger charge is -2.26. The number of hydrogen-bond acceptors (Lipinski definition) is 3. The van der Waals surface area contributed by atoms with Crippen LogP contribution in [0.2, 0.25) is 0 Å². The summed E-state index contributed by atoms with van der Waals surface area (Å²) in [5.74, 6) is 0. The number of hydrazine groups is 2. The molecule has 0 fully saturated rings. The average Bonchev–Trinajstić information content (AvgIpc) is 2.15. The Morgan fingerprint density at radius 1 is 1.29 bits per heavy atom. The predicted molar refractivity (Wildman–Crippen MR) is 53.6 cm³/mol. The fourth-order valence-electron chi connectivity index (χ4n) is 0.954. The first-order chi connectivity index (χ1) is 6.61. The van der Waals surface area contributed by atoms with Gasteiger partial charge in [-0.05, 0) is 12.1 Å². The van der Waals surface area contributed by atoms with E-state index < -0.39 is 6.09 Å². The van der Waals surface area contributed by atoms with Crippen LogP contribution in [0.15, 0.2) is 30.3 Å². The number of amides is 1. The molecule has 76 valence electrons. The van der Waals surface area contributed by atoms with Gasteiger partial charge in [-0.3, -0.25) is 5.43 Å². The molecule has 14 heavy (non-hydrogen) atoms. The lowest BCUT2D eigenvalue weighted by Crippen LogP contribution is -2.45. The lowest BCUT2D eigenvalue weighted by molar-refractivity contribution is 0.0526. The summed E-state index contributed by atoms with van der Waals surface area (Å²) >= 11 is 0. The van der Waals surface area contributed by atoms with Crippen molar-refractivity contribution >= 4 is 11.8 Å². The number of anilines is 1. The van der Waals surface area contributed by atoms with Crippen molar-refractivity contribution in [2.24, 2.45) is 0 Å². The third-order valence-corrected chi connectivity index (χ3v) is 1.59. The summed E-state index contributed by atoms with van der Waals surface area (Å²) in [6.45, 7) is 0. The molecule has 0 aliphatic rings. The Hall–Kier alpha value is -1.75. The Kier molecular flexibility index (Phi) is 3.30. The van der Waals surface area contributed by atoms with Gasteiger partial charge >= 0.3 is 6.09 Å². The highest BCUT2D eigenvalue weighted by Crippen LogP contribution is 2.07. The van der Waals surface area contributed by atoms with Gasteiger partial charge in [-0.1, -0.05) is 18.2 Å². The number of hydrogen-bond donors (Lipinski definition) is 2. The van der Waals surface area contributed by atoms with Crippen LogP contribution in [0, 0.1) is 0 Å². The molecule has 0 saturated carbocycles. The molecule has 0 atom stereocenters. The van der Waals surface area contributed by atoms with E-state index in [9.17, 15) is 4.79 Å². The van der Waals surface area contributed by atoms with E-state index in [1.165, 1.54) is 5.01 Å². The maximum atomic E-state index is 10.8. The van der Waals surface area contributed by atoms with Crippen LogP contribution in [0.25, 0.3) is 0 Å². The summed E-state index contributed by atoms with van der Waals surface area (Å²) in [6.07, 6.45) is -1.06. The van der Waals surface area contributed by atoms with Crippen molar-refractivity contribution in [3.8, 4) is 0 Å². The van der Waals surface area contributed by atoms with Crippen LogP contribution in [0.4, 0.5) is 10.5 Å². The van der Waals surface area contributed by atoms with Gasteiger partial charge in [-0.25, -0.2) is 9.80 Å². The molecule has 0 aliphatic heterocycles. The topological polar surface area (TPSA) is 55.8 Å². The number of carbonyl (C=O) groups is 1. The van der Waals surface area contributed by atoms with Crippen LogP contribution in [0.3, 0.4) is 0 Å². The van der Waals surface area contributed by atoms with E-state index in [0.29, 0.717) is 0 Å². The molecule has 0 unspecified atom stereocenters. The number of nitrogens with zero attached hydrogens (tertiary/aromatic N) is 2. The van der Waals surface area contributed by atoms with Crippen molar-refractivity contribution in [1.82, 2.24) is 10.1 Å². The van der Waals surface area contributed by atoms with Crippen molar-refractivity contribution in [3.05, 3.63) is 30.3 Å². The van der Waals surface area contributed by atoms with Gasteiger partial charge in [0.2, 0.25) is 0 Å². The number of nitrogens with one attached hydrogen (secondary N) is 1. The zero-order valence-electron chi connectivity index (χ0n) is 8.14. The number of para-hydroxylation sites is 1. The van der Waals surface area contributed by atoms with E-state index in [-0.39, 0.29) is 0 Å². The predicted octanol–water partition coefficient (Wildman–Crippen LogP) is 1.47. The molecule has 1 aromatic rings. The number of rotatable bonds is 3. The molecule has 0 heterocycles. The van der Waals surface area contributed by atoms with Gasteiger partial charge in [0.15, 0.2) is 0 Å². The lowest BCUT2D eigenvalue weighted by atomic mass is 10.3. The molecule has 0 spiro atoms. The molecule has 0 aromatic heterocycles. The number of carboxylic acid groups (broad SMARTS) is 1. The minimum Gasteiger partial charge on any atom is -0.463 e. The van der Waals surface area contributed by atoms with Crippen LogP contribution < -0.4 is 5.43 Å². The fourth-order valence-corrected chi connectivity index (χ4v) is 0.954. The zero-order valence-corrected chi connectivity index (χ0v) is 8.14. The molecule has 1 amide bonds. The van der Waals surface area contributed by atoms with E-state index in [4.69, 9.17) is 5.11 Å². The quantitative estimate of drug-likeness (QED) is 0.717. The summed E-state index contributed by atoms with van der Waals surface area (Å²) < 4.78 is 0. The first-order valence-electron chi connectivity index (χ1n) is 4.13. The first kappa shape index (κ1) is 10.3. The minimum absolute atomic E-state index is 0.726. The standard InChI is InChI=1S/C9H13N3O2/c1-11(2)12(9(13)14)10-8-6-4-3-5-7-8/h3-7,10H,1-2H3,(H,13,14). The molecule has 5 nitrogen and oxygen atoms in total. The molecule has 0 radical (unpaired) electrons. The van der Waals surface area contributed by atoms with Gasteiger partial charge in [0.1, 0.15) is 0 Å². The smallest absolute Gasteiger partial charge is 0.441 e. The normalized spacial score (nSPS) is 9.93. The second kappa shape index (κ2) is 4.48. The monoisotopic (exact) mass is 195 g/mol. The van der Waals surface area contributed by atoms with Gasteiger partial charge < -0.3 is 5.11 Å². The van der Waals surface area contributed by atoms with Gasteiger partial charge in [0.25, 0.3) is 0 Å². The average molecular weight is 195 g/mol. The highest BCUT2D eigenvalue weighted by atomic mass is 16.4. The SMILES string of the molecule is CN(C)N(Nc1ccccc1)C(=O)O. The van der Waals surface area contributed by atoms with Gasteiger partial charge in [-0.15, -0.1) is 5.12 Å². The second-order valence-corrected chi connectivity index (χ2v) is 2.92. The molecule has 0 bridgehead atoms. The Balaban J connectivity index is 2.70. The molecule has 5 heteroatoms. The van der Waals surface area contributed by atoms with E-state index >= 15 is 0 Å². The Bertz CT molecular complexity index is 300. The van der Waals surface area contributed by atoms with E-state index in [0.717, 1.165) is 10.8 Å². The minimum atomic E-state index is -1.06. The van der Waals surface area contributed by atoms with Crippen molar-refractivity contribution in [1.29, 1.82) is 0 Å². The number of benzene rings is 1. The van der Waals surface area contributed by atoms with E-state index in [1.807, 2.05) is 18.2 Å². The van der Waals surface area contributed by atoms with Crippen LogP contribution in [-0.4, -0.2) is 35.4 Å². The summed E-state index contributed by atoms with van der Waals surface area (Å²) in [5.41, 5.74) is 3.46. The van der Waals surface area contributed by atoms with Gasteiger partial charge in [0, 0.05) is 14.1 Å². The third-order valence-electron chi connectivity index (χ3n) is 1.59. The van der Waals surface area contributed by atoms with Crippen molar-refractivity contribution in [2.45, 2.75) is 0 Å². The largest absolute Gasteiger partial charge is 0.463 e. The molecule has 2 N–H and O–H groups in total. The third kappa shape index (κ3) is 2.63. The van der Waals surface area contributed by atoms with Crippen LogP contribution in [-0.2, 0) is 0 Å². The summed E-state index contributed by atoms with van der Waals surface area (Å²) in [5, 5.41) is 11.3. The maximum Gasteiger partial charge on any atom is 0.441 e. The van der Waals surface area contributed by atoms with Crippen molar-refractivity contribution in [2.75, 3.05) is 19.5 Å². The first-order valence-corrected chi connectivity index (χ1v) is 4.13. The fraction of sp³-hybridized carbons (Fsp3) is 0.222. The van der Waals surface area contributed by atoms with Crippen LogP contribution >= 0.6 is 0 Å². The summed E-state index contributed by atoms with van der Waals surface area (Å²) in [4.78, 5) is 10.8. The Labute approximate surface area is 82.5 Å². The van der Waals surface area contributed by atoms with E-state index in [2.05, 4.69) is 5.43 Å².